The lowest BCUT2D eigenvalue weighted by Gasteiger charge is -2.35. The predicted octanol–water partition coefficient (Wildman–Crippen LogP) is 7.96. The minimum absolute atomic E-state index is 0.00884. The molecule has 2 aliphatic rings. The second-order valence-corrected chi connectivity index (χ2v) is 13.5. The Bertz CT molecular complexity index is 2140. The standard InChI is InChI=1S/C40H38N4O5/c1-25(45)44-35-13-6-5-11-31(35)38(46)36(44)23-28-22-32(30-12-7-9-27-10-8-18-41-37(27)30)33-21-26(14-15-34(33)42-28)24-43(29-16-19-48-20-17-29)39(47)49-40(2,3)4/h5-15,18,21-23,29H,16-17,19-20,24H2,1-4H3/b36-23-. The van der Waals surface area contributed by atoms with Crippen molar-refractivity contribution in [2.24, 2.45) is 0 Å². The van der Waals surface area contributed by atoms with E-state index >= 15 is 0 Å². The first-order valence-corrected chi connectivity index (χ1v) is 16.6. The highest BCUT2D eigenvalue weighted by Crippen LogP contribution is 2.38. The molecule has 248 valence electrons. The average molecular weight is 655 g/mol. The van der Waals surface area contributed by atoms with Crippen LogP contribution in [0.3, 0.4) is 0 Å². The maximum atomic E-state index is 13.6. The number of ketones is 1. The minimum Gasteiger partial charge on any atom is -0.444 e. The molecule has 2 aromatic heterocycles. The van der Waals surface area contributed by atoms with Crippen LogP contribution in [-0.4, -0.2) is 57.5 Å². The largest absolute Gasteiger partial charge is 0.444 e. The normalized spacial score (nSPS) is 16.0. The summed E-state index contributed by atoms with van der Waals surface area (Å²) >= 11 is 0. The van der Waals surface area contributed by atoms with Crippen LogP contribution in [0, 0.1) is 0 Å². The van der Waals surface area contributed by atoms with E-state index in [1.165, 1.54) is 11.8 Å². The van der Waals surface area contributed by atoms with Crippen molar-refractivity contribution in [2.75, 3.05) is 18.1 Å². The summed E-state index contributed by atoms with van der Waals surface area (Å²) in [4.78, 5) is 52.9. The molecule has 2 amide bonds. The van der Waals surface area contributed by atoms with Gasteiger partial charge in [0, 0.05) is 60.8 Å². The third kappa shape index (κ3) is 6.41. The molecule has 0 atom stereocenters. The van der Waals surface area contributed by atoms with Crippen LogP contribution < -0.4 is 4.90 Å². The van der Waals surface area contributed by atoms with Gasteiger partial charge in [0.1, 0.15) is 5.60 Å². The molecular formula is C40H38N4O5. The molecule has 3 aromatic carbocycles. The molecule has 0 bridgehead atoms. The number of aromatic nitrogens is 2. The molecule has 0 unspecified atom stereocenters. The zero-order chi connectivity index (χ0) is 34.3. The van der Waals surface area contributed by atoms with E-state index in [2.05, 4.69) is 6.07 Å². The number of nitrogens with zero attached hydrogens (tertiary/aromatic N) is 4. The SMILES string of the molecule is CC(=O)N1/C(=C\c2cc(-c3cccc4cccnc34)c3cc(CN(C(=O)OC(C)(C)C)C4CCOCC4)ccc3n2)C(=O)c2ccccc21. The fraction of sp³-hybridized carbons (Fsp3) is 0.275. The molecule has 7 rings (SSSR count). The van der Waals surface area contributed by atoms with Gasteiger partial charge in [-0.05, 0) is 87.2 Å². The van der Waals surface area contributed by atoms with Crippen molar-refractivity contribution >= 4 is 51.4 Å². The number of rotatable bonds is 5. The highest BCUT2D eigenvalue weighted by atomic mass is 16.6. The quantitative estimate of drug-likeness (QED) is 0.177. The Balaban J connectivity index is 1.37. The Labute approximate surface area is 285 Å². The number of hydrogen-bond acceptors (Lipinski definition) is 7. The number of pyridine rings is 2. The molecule has 1 saturated heterocycles. The van der Waals surface area contributed by atoms with E-state index < -0.39 is 5.60 Å². The molecule has 4 heterocycles. The Morgan fingerprint density at radius 1 is 0.959 bits per heavy atom. The van der Waals surface area contributed by atoms with Gasteiger partial charge in [0.25, 0.3) is 0 Å². The maximum absolute atomic E-state index is 13.6. The lowest BCUT2D eigenvalue weighted by molar-refractivity contribution is -0.116. The van der Waals surface area contributed by atoms with Crippen LogP contribution in [-0.2, 0) is 20.8 Å². The Kier molecular flexibility index (Phi) is 8.46. The van der Waals surface area contributed by atoms with Gasteiger partial charge >= 0.3 is 6.09 Å². The van der Waals surface area contributed by atoms with E-state index in [-0.39, 0.29) is 29.5 Å². The zero-order valence-electron chi connectivity index (χ0n) is 28.1. The molecule has 1 fully saturated rings. The topological polar surface area (TPSA) is 102 Å². The highest BCUT2D eigenvalue weighted by Gasteiger charge is 2.35. The molecule has 9 nitrogen and oxygen atoms in total. The second-order valence-electron chi connectivity index (χ2n) is 13.5. The van der Waals surface area contributed by atoms with Crippen LogP contribution in [0.2, 0.25) is 0 Å². The van der Waals surface area contributed by atoms with Gasteiger partial charge in [-0.25, -0.2) is 9.78 Å². The molecule has 0 radical (unpaired) electrons. The minimum atomic E-state index is -0.632. The lowest BCUT2D eigenvalue weighted by Crippen LogP contribution is -2.45. The molecule has 9 heteroatoms. The van der Waals surface area contributed by atoms with Crippen molar-refractivity contribution < 1.29 is 23.9 Å². The fourth-order valence-electron chi connectivity index (χ4n) is 6.71. The van der Waals surface area contributed by atoms with Gasteiger partial charge in [-0.1, -0.05) is 42.5 Å². The van der Waals surface area contributed by atoms with Crippen LogP contribution in [0.15, 0.2) is 90.8 Å². The Morgan fingerprint density at radius 3 is 2.49 bits per heavy atom. The van der Waals surface area contributed by atoms with Gasteiger partial charge in [-0.3, -0.25) is 19.5 Å². The van der Waals surface area contributed by atoms with E-state index in [0.29, 0.717) is 42.2 Å². The molecule has 0 N–H and O–H groups in total. The summed E-state index contributed by atoms with van der Waals surface area (Å²) in [5, 5.41) is 1.86. The van der Waals surface area contributed by atoms with Gasteiger partial charge in [-0.2, -0.15) is 0 Å². The van der Waals surface area contributed by atoms with E-state index in [4.69, 9.17) is 19.4 Å². The predicted molar refractivity (Wildman–Crippen MR) is 190 cm³/mol. The monoisotopic (exact) mass is 654 g/mol. The summed E-state index contributed by atoms with van der Waals surface area (Å²) < 4.78 is 11.5. The molecule has 0 spiro atoms. The number of allylic oxidation sites excluding steroid dienone is 1. The fourth-order valence-corrected chi connectivity index (χ4v) is 6.71. The van der Waals surface area contributed by atoms with Crippen molar-refractivity contribution in [3.8, 4) is 11.1 Å². The Morgan fingerprint density at radius 2 is 1.71 bits per heavy atom. The number of carbonyl (C=O) groups excluding carboxylic acids is 3. The first kappa shape index (κ1) is 32.2. The number of benzene rings is 3. The first-order chi connectivity index (χ1) is 23.6. The number of amides is 2. The highest BCUT2D eigenvalue weighted by molar-refractivity contribution is 6.26. The summed E-state index contributed by atoms with van der Waals surface area (Å²) in [5.74, 6) is -0.487. The van der Waals surface area contributed by atoms with Crippen molar-refractivity contribution in [3.05, 3.63) is 108 Å². The molecule has 2 aliphatic heterocycles. The van der Waals surface area contributed by atoms with Gasteiger partial charge in [0.05, 0.1) is 28.1 Å². The summed E-state index contributed by atoms with van der Waals surface area (Å²) in [6.07, 6.45) is 4.58. The van der Waals surface area contributed by atoms with E-state index in [1.807, 2.05) is 80.3 Å². The molecule has 5 aromatic rings. The summed E-state index contributed by atoms with van der Waals surface area (Å²) in [6, 6.07) is 25.0. The lowest BCUT2D eigenvalue weighted by atomic mass is 9.96. The van der Waals surface area contributed by atoms with Crippen molar-refractivity contribution in [1.29, 1.82) is 0 Å². The third-order valence-electron chi connectivity index (χ3n) is 8.89. The van der Waals surface area contributed by atoms with Crippen LogP contribution in [0.5, 0.6) is 0 Å². The summed E-state index contributed by atoms with van der Waals surface area (Å²) in [5.41, 5.74) is 5.43. The average Bonchev–Trinajstić information content (AvgIpc) is 3.37. The summed E-state index contributed by atoms with van der Waals surface area (Å²) in [6.45, 7) is 8.62. The third-order valence-corrected chi connectivity index (χ3v) is 8.89. The number of anilines is 1. The number of fused-ring (bicyclic) bond motifs is 3. The van der Waals surface area contributed by atoms with Crippen LogP contribution in [0.4, 0.5) is 10.5 Å². The first-order valence-electron chi connectivity index (χ1n) is 16.6. The van der Waals surface area contributed by atoms with Gasteiger partial charge in [0.2, 0.25) is 11.7 Å². The van der Waals surface area contributed by atoms with Crippen molar-refractivity contribution in [1.82, 2.24) is 14.9 Å². The van der Waals surface area contributed by atoms with Crippen LogP contribution in [0.1, 0.15) is 62.2 Å². The number of Topliss-reactive ketones (excluding diaryl/α,β-unsaturated/α-hetero) is 1. The summed E-state index contributed by atoms with van der Waals surface area (Å²) in [7, 11) is 0. The number of ether oxygens (including phenoxy) is 2. The van der Waals surface area contributed by atoms with Gasteiger partial charge < -0.3 is 14.4 Å². The number of para-hydroxylation sites is 2. The molecule has 49 heavy (non-hydrogen) atoms. The smallest absolute Gasteiger partial charge is 0.410 e. The molecule has 0 saturated carbocycles. The van der Waals surface area contributed by atoms with E-state index in [9.17, 15) is 14.4 Å². The van der Waals surface area contributed by atoms with Crippen LogP contribution >= 0.6 is 0 Å². The number of hydrogen-bond donors (Lipinski definition) is 0. The van der Waals surface area contributed by atoms with E-state index in [1.54, 1.807) is 30.5 Å². The molecular weight excluding hydrogens is 616 g/mol. The van der Waals surface area contributed by atoms with Crippen molar-refractivity contribution in [2.45, 2.75) is 58.7 Å². The van der Waals surface area contributed by atoms with Gasteiger partial charge in [-0.15, -0.1) is 0 Å². The Hall–Kier alpha value is -5.41. The molecule has 0 aliphatic carbocycles. The van der Waals surface area contributed by atoms with Crippen LogP contribution in [0.25, 0.3) is 39.0 Å². The van der Waals surface area contributed by atoms with Gasteiger partial charge in [0.15, 0.2) is 0 Å². The zero-order valence-corrected chi connectivity index (χ0v) is 28.1. The maximum Gasteiger partial charge on any atom is 0.410 e. The van der Waals surface area contributed by atoms with E-state index in [0.717, 1.165) is 45.8 Å². The second kappa shape index (κ2) is 12.9. The van der Waals surface area contributed by atoms with Crippen molar-refractivity contribution in [3.63, 3.8) is 0 Å². The number of carbonyl (C=O) groups is 3.